The Morgan fingerprint density at radius 1 is 0.659 bits per heavy atom. The molecule has 7 nitrogen and oxygen atoms in total. The largest absolute Gasteiger partial charge is 0.435 e. The summed E-state index contributed by atoms with van der Waals surface area (Å²) >= 11 is 0. The number of hydrogen-bond acceptors (Lipinski definition) is 5. The van der Waals surface area contributed by atoms with Gasteiger partial charge in [-0.2, -0.15) is 26.3 Å². The van der Waals surface area contributed by atoms with E-state index in [0.717, 1.165) is 6.20 Å². The quantitative estimate of drug-likeness (QED) is 0.191. The number of imidazole rings is 2. The highest BCUT2D eigenvalue weighted by Gasteiger charge is 2.38. The van der Waals surface area contributed by atoms with Crippen LogP contribution in [0.5, 0.6) is 0 Å². The average molecular weight is 575 g/mol. The maximum absolute atomic E-state index is 13.6. The van der Waals surface area contributed by atoms with Crippen LogP contribution in [-0.4, -0.2) is 29.3 Å². The third-order valence-electron chi connectivity index (χ3n) is 6.42. The van der Waals surface area contributed by atoms with Gasteiger partial charge in [0, 0.05) is 40.5 Å². The molecule has 0 saturated heterocycles. The first-order valence-electron chi connectivity index (χ1n) is 12.6. The molecule has 0 aliphatic rings. The molecule has 0 aliphatic heterocycles. The SMILES string of the molecule is CC(C)n1cc(C(F)(F)F)nc1-c1ccc(-c2nnc(-c3ccc(-c4c(C(F)(F)F)ncn4C(C)C)cc3)o2)cc1. The predicted octanol–water partition coefficient (Wildman–Crippen LogP) is 8.33. The number of aromatic nitrogens is 6. The lowest BCUT2D eigenvalue weighted by molar-refractivity contribution is -0.141. The van der Waals surface area contributed by atoms with Gasteiger partial charge in [-0.3, -0.25) is 0 Å². The van der Waals surface area contributed by atoms with E-state index < -0.39 is 23.7 Å². The van der Waals surface area contributed by atoms with Gasteiger partial charge in [-0.1, -0.05) is 24.3 Å². The van der Waals surface area contributed by atoms with Crippen molar-refractivity contribution < 1.29 is 30.8 Å². The van der Waals surface area contributed by atoms with Crippen LogP contribution in [0, 0.1) is 0 Å². The van der Waals surface area contributed by atoms with Gasteiger partial charge in [0.05, 0.1) is 12.0 Å². The van der Waals surface area contributed by atoms with Crippen molar-refractivity contribution in [2.75, 3.05) is 0 Å². The fraction of sp³-hybridized carbons (Fsp3) is 0.286. The topological polar surface area (TPSA) is 74.6 Å². The molecule has 0 fully saturated rings. The number of halogens is 6. The molecule has 13 heteroatoms. The van der Waals surface area contributed by atoms with Crippen molar-refractivity contribution >= 4 is 0 Å². The highest BCUT2D eigenvalue weighted by molar-refractivity contribution is 5.68. The maximum Gasteiger partial charge on any atom is 0.435 e. The van der Waals surface area contributed by atoms with Crippen LogP contribution in [0.4, 0.5) is 26.3 Å². The van der Waals surface area contributed by atoms with Crippen LogP contribution in [0.15, 0.2) is 65.5 Å². The zero-order valence-corrected chi connectivity index (χ0v) is 22.3. The summed E-state index contributed by atoms with van der Waals surface area (Å²) in [5.41, 5.74) is -0.145. The van der Waals surface area contributed by atoms with Gasteiger partial charge in [-0.05, 0) is 52.0 Å². The highest BCUT2D eigenvalue weighted by Crippen LogP contribution is 2.38. The Bertz CT molecular complexity index is 1660. The lowest BCUT2D eigenvalue weighted by atomic mass is 10.1. The predicted molar refractivity (Wildman–Crippen MR) is 138 cm³/mol. The smallest absolute Gasteiger partial charge is 0.416 e. The summed E-state index contributed by atoms with van der Waals surface area (Å²) in [4.78, 5) is 7.39. The van der Waals surface area contributed by atoms with Crippen molar-refractivity contribution in [3.05, 3.63) is 72.4 Å². The second-order valence-electron chi connectivity index (χ2n) is 9.96. The molecule has 0 atom stereocenters. The van der Waals surface area contributed by atoms with Crippen LogP contribution in [0.2, 0.25) is 0 Å². The Balaban J connectivity index is 1.41. The molecule has 3 heterocycles. The van der Waals surface area contributed by atoms with E-state index in [1.807, 2.05) is 0 Å². The molecule has 2 aromatic carbocycles. The van der Waals surface area contributed by atoms with Crippen LogP contribution in [-0.2, 0) is 12.4 Å². The summed E-state index contributed by atoms with van der Waals surface area (Å²) in [6, 6.07) is 12.2. The van der Waals surface area contributed by atoms with Crippen LogP contribution < -0.4 is 0 Å². The highest BCUT2D eigenvalue weighted by atomic mass is 19.4. The van der Waals surface area contributed by atoms with E-state index in [2.05, 4.69) is 20.2 Å². The number of rotatable bonds is 6. The van der Waals surface area contributed by atoms with Gasteiger partial charge in [0.2, 0.25) is 11.8 Å². The molecule has 0 aliphatic carbocycles. The van der Waals surface area contributed by atoms with Gasteiger partial charge in [0.15, 0.2) is 11.4 Å². The molecule has 0 N–H and O–H groups in total. The molecule has 0 radical (unpaired) electrons. The maximum atomic E-state index is 13.6. The number of hydrogen-bond donors (Lipinski definition) is 0. The third kappa shape index (κ3) is 5.48. The molecule has 0 bridgehead atoms. The third-order valence-corrected chi connectivity index (χ3v) is 6.42. The van der Waals surface area contributed by atoms with Crippen molar-refractivity contribution in [3.8, 4) is 45.6 Å². The van der Waals surface area contributed by atoms with Crippen molar-refractivity contribution in [2.24, 2.45) is 0 Å². The molecule has 0 saturated carbocycles. The molecular weight excluding hydrogens is 550 g/mol. The van der Waals surface area contributed by atoms with Crippen molar-refractivity contribution in [1.82, 2.24) is 29.3 Å². The fourth-order valence-electron chi connectivity index (χ4n) is 4.37. The van der Waals surface area contributed by atoms with Gasteiger partial charge in [-0.25, -0.2) is 9.97 Å². The van der Waals surface area contributed by atoms with E-state index in [0.29, 0.717) is 22.3 Å². The molecular formula is C28H24F6N6O. The monoisotopic (exact) mass is 574 g/mol. The molecule has 3 aromatic heterocycles. The minimum atomic E-state index is -4.61. The van der Waals surface area contributed by atoms with Crippen LogP contribution in [0.3, 0.4) is 0 Å². The lowest BCUT2D eigenvalue weighted by Crippen LogP contribution is -2.10. The molecule has 0 unspecified atom stereocenters. The van der Waals surface area contributed by atoms with E-state index in [-0.39, 0.29) is 35.4 Å². The van der Waals surface area contributed by atoms with Crippen LogP contribution in [0.1, 0.15) is 51.2 Å². The normalized spacial score (nSPS) is 12.6. The first kappa shape index (κ1) is 28.1. The lowest BCUT2D eigenvalue weighted by Gasteiger charge is -2.14. The Kier molecular flexibility index (Phi) is 7.00. The molecule has 5 aromatic rings. The fourth-order valence-corrected chi connectivity index (χ4v) is 4.37. The summed E-state index contributed by atoms with van der Waals surface area (Å²) in [6.07, 6.45) is -7.01. The first-order valence-corrected chi connectivity index (χ1v) is 12.6. The van der Waals surface area contributed by atoms with Gasteiger partial charge < -0.3 is 13.6 Å². The molecule has 5 rings (SSSR count). The van der Waals surface area contributed by atoms with Crippen molar-refractivity contribution in [2.45, 2.75) is 52.1 Å². The van der Waals surface area contributed by atoms with E-state index in [1.165, 1.54) is 27.6 Å². The minimum Gasteiger partial charge on any atom is -0.416 e. The Labute approximate surface area is 230 Å². The summed E-state index contributed by atoms with van der Waals surface area (Å²) in [6.45, 7) is 7.06. The zero-order chi connectivity index (χ0) is 29.7. The second-order valence-corrected chi connectivity index (χ2v) is 9.96. The Hall–Kier alpha value is -4.42. The van der Waals surface area contributed by atoms with E-state index in [9.17, 15) is 26.3 Å². The number of alkyl halides is 6. The zero-order valence-electron chi connectivity index (χ0n) is 22.3. The summed E-state index contributed by atoms with van der Waals surface area (Å²) in [5, 5.41) is 8.10. The van der Waals surface area contributed by atoms with E-state index in [4.69, 9.17) is 4.42 Å². The average Bonchev–Trinajstić information content (AvgIpc) is 3.66. The van der Waals surface area contributed by atoms with Gasteiger partial charge >= 0.3 is 12.4 Å². The standard InChI is InChI=1S/C28H24F6N6O/c1-15(2)39-13-21(27(29,30)31)36-24(39)18-7-11-20(12-8-18)26-38-37-25(41-26)19-9-5-17(6-10-19)22-23(28(32,33)34)35-14-40(22)16(3)4/h5-16H,1-4H3. The van der Waals surface area contributed by atoms with Gasteiger partial charge in [-0.15, -0.1) is 10.2 Å². The molecule has 0 amide bonds. The van der Waals surface area contributed by atoms with Crippen LogP contribution >= 0.6 is 0 Å². The van der Waals surface area contributed by atoms with Crippen molar-refractivity contribution in [1.29, 1.82) is 0 Å². The Morgan fingerprint density at radius 3 is 1.61 bits per heavy atom. The number of nitrogens with zero attached hydrogens (tertiary/aromatic N) is 6. The van der Waals surface area contributed by atoms with E-state index >= 15 is 0 Å². The Morgan fingerprint density at radius 2 is 1.15 bits per heavy atom. The summed E-state index contributed by atoms with van der Waals surface area (Å²) in [7, 11) is 0. The van der Waals surface area contributed by atoms with Crippen molar-refractivity contribution in [3.63, 3.8) is 0 Å². The van der Waals surface area contributed by atoms with Crippen LogP contribution in [0.25, 0.3) is 45.6 Å². The summed E-state index contributed by atoms with van der Waals surface area (Å²) < 4.78 is 89.2. The molecule has 214 valence electrons. The van der Waals surface area contributed by atoms with Gasteiger partial charge in [0.25, 0.3) is 0 Å². The van der Waals surface area contributed by atoms with E-state index in [1.54, 1.807) is 64.1 Å². The second kappa shape index (κ2) is 10.2. The minimum absolute atomic E-state index is 0.0363. The van der Waals surface area contributed by atoms with Gasteiger partial charge in [0.1, 0.15) is 5.82 Å². The number of benzene rings is 2. The summed E-state index contributed by atoms with van der Waals surface area (Å²) in [5.74, 6) is 0.489. The molecule has 0 spiro atoms. The first-order chi connectivity index (χ1) is 19.2. The molecule has 41 heavy (non-hydrogen) atoms.